The number of nitrogens with one attached hydrogen (secondary N) is 2. The Kier molecular flexibility index (Phi) is 2.80. The molecule has 2 aromatic rings. The fourth-order valence-electron chi connectivity index (χ4n) is 2.12. The third kappa shape index (κ3) is 2.11. The number of carbonyl (C=O) groups excluding carboxylic acids is 1. The number of carbonyl (C=O) groups is 1. The van der Waals surface area contributed by atoms with Crippen LogP contribution < -0.4 is 10.1 Å². The Morgan fingerprint density at radius 3 is 3.11 bits per heavy atom. The summed E-state index contributed by atoms with van der Waals surface area (Å²) in [6.07, 6.45) is 1.91. The molecular formula is C13H15N3O2. The van der Waals surface area contributed by atoms with E-state index in [1.807, 2.05) is 30.5 Å². The lowest BCUT2D eigenvalue weighted by Crippen LogP contribution is -2.31. The number of amides is 2. The van der Waals surface area contributed by atoms with Crippen LogP contribution in [-0.4, -0.2) is 42.2 Å². The lowest BCUT2D eigenvalue weighted by Gasteiger charge is -2.14. The topological polar surface area (TPSA) is 57.4 Å². The number of hydrogen-bond donors (Lipinski definition) is 2. The summed E-state index contributed by atoms with van der Waals surface area (Å²) in [6.45, 7) is 2.63. The molecule has 1 aromatic heterocycles. The normalized spacial score (nSPS) is 15.1. The Balaban J connectivity index is 1.57. The maximum atomic E-state index is 11.3. The number of fused-ring (bicyclic) bond motifs is 1. The molecule has 1 aliphatic rings. The van der Waals surface area contributed by atoms with Crippen molar-refractivity contribution in [2.24, 2.45) is 0 Å². The standard InChI is InChI=1S/C13H15N3O2/c17-13-15-5-6-16(13)7-8-18-11-1-2-12-10(9-11)3-4-14-12/h1-4,9,14H,5-8H2,(H,15,17). The first-order valence-corrected chi connectivity index (χ1v) is 6.06. The summed E-state index contributed by atoms with van der Waals surface area (Å²) in [5.41, 5.74) is 1.10. The van der Waals surface area contributed by atoms with Crippen molar-refractivity contribution < 1.29 is 9.53 Å². The molecule has 1 saturated heterocycles. The van der Waals surface area contributed by atoms with Gasteiger partial charge in [-0.1, -0.05) is 0 Å². The van der Waals surface area contributed by atoms with Crippen LogP contribution in [0.5, 0.6) is 5.75 Å². The highest BCUT2D eigenvalue weighted by molar-refractivity contribution is 5.80. The van der Waals surface area contributed by atoms with Crippen LogP contribution in [0.25, 0.3) is 10.9 Å². The molecule has 1 aliphatic heterocycles. The molecule has 1 aromatic carbocycles. The average molecular weight is 245 g/mol. The lowest BCUT2D eigenvalue weighted by molar-refractivity contribution is 0.202. The molecule has 0 saturated carbocycles. The average Bonchev–Trinajstić information content (AvgIpc) is 2.98. The molecule has 94 valence electrons. The van der Waals surface area contributed by atoms with Gasteiger partial charge in [0, 0.05) is 30.2 Å². The van der Waals surface area contributed by atoms with Gasteiger partial charge in [0.25, 0.3) is 0 Å². The molecule has 0 radical (unpaired) electrons. The van der Waals surface area contributed by atoms with Crippen molar-refractivity contribution in [3.05, 3.63) is 30.5 Å². The molecule has 0 spiro atoms. The first kappa shape index (κ1) is 11.0. The second-order valence-corrected chi connectivity index (χ2v) is 4.29. The zero-order valence-corrected chi connectivity index (χ0v) is 9.98. The highest BCUT2D eigenvalue weighted by Crippen LogP contribution is 2.19. The molecule has 0 bridgehead atoms. The summed E-state index contributed by atoms with van der Waals surface area (Å²) < 4.78 is 5.66. The van der Waals surface area contributed by atoms with Gasteiger partial charge in [-0.05, 0) is 24.3 Å². The van der Waals surface area contributed by atoms with E-state index in [0.717, 1.165) is 29.7 Å². The van der Waals surface area contributed by atoms with Crippen molar-refractivity contribution in [1.82, 2.24) is 15.2 Å². The zero-order chi connectivity index (χ0) is 12.4. The largest absolute Gasteiger partial charge is 0.492 e. The number of benzene rings is 1. The molecule has 0 unspecified atom stereocenters. The third-order valence-corrected chi connectivity index (χ3v) is 3.10. The molecule has 5 heteroatoms. The SMILES string of the molecule is O=C1NCCN1CCOc1ccc2[nH]ccc2c1. The van der Waals surface area contributed by atoms with Crippen molar-refractivity contribution in [3.63, 3.8) is 0 Å². The van der Waals surface area contributed by atoms with E-state index in [9.17, 15) is 4.79 Å². The summed E-state index contributed by atoms with van der Waals surface area (Å²) in [4.78, 5) is 16.2. The minimum atomic E-state index is -0.000290. The summed E-state index contributed by atoms with van der Waals surface area (Å²) in [6, 6.07) is 7.93. The van der Waals surface area contributed by atoms with Crippen molar-refractivity contribution in [2.75, 3.05) is 26.2 Å². The lowest BCUT2D eigenvalue weighted by atomic mass is 10.2. The first-order valence-electron chi connectivity index (χ1n) is 6.06. The Bertz CT molecular complexity index is 564. The van der Waals surface area contributed by atoms with E-state index in [1.54, 1.807) is 4.90 Å². The van der Waals surface area contributed by atoms with E-state index in [4.69, 9.17) is 4.74 Å². The maximum Gasteiger partial charge on any atom is 0.317 e. The van der Waals surface area contributed by atoms with Gasteiger partial charge in [0.15, 0.2) is 0 Å². The summed E-state index contributed by atoms with van der Waals surface area (Å²) in [7, 11) is 0. The van der Waals surface area contributed by atoms with Crippen LogP contribution in [0.1, 0.15) is 0 Å². The van der Waals surface area contributed by atoms with Crippen LogP contribution >= 0.6 is 0 Å². The predicted molar refractivity (Wildman–Crippen MR) is 68.8 cm³/mol. The van der Waals surface area contributed by atoms with E-state index < -0.39 is 0 Å². The monoisotopic (exact) mass is 245 g/mol. The number of rotatable bonds is 4. The fourth-order valence-corrected chi connectivity index (χ4v) is 2.12. The van der Waals surface area contributed by atoms with Crippen molar-refractivity contribution in [2.45, 2.75) is 0 Å². The van der Waals surface area contributed by atoms with Crippen LogP contribution in [-0.2, 0) is 0 Å². The van der Waals surface area contributed by atoms with Crippen LogP contribution in [0.2, 0.25) is 0 Å². The number of aromatic nitrogens is 1. The zero-order valence-electron chi connectivity index (χ0n) is 9.98. The Labute approximate surface area is 105 Å². The number of aromatic amines is 1. The number of nitrogens with zero attached hydrogens (tertiary/aromatic N) is 1. The highest BCUT2D eigenvalue weighted by atomic mass is 16.5. The molecule has 5 nitrogen and oxygen atoms in total. The number of hydrogen-bond acceptors (Lipinski definition) is 2. The minimum absolute atomic E-state index is 0.000290. The molecule has 18 heavy (non-hydrogen) atoms. The maximum absolute atomic E-state index is 11.3. The molecule has 1 fully saturated rings. The predicted octanol–water partition coefficient (Wildman–Crippen LogP) is 1.57. The Morgan fingerprint density at radius 2 is 2.28 bits per heavy atom. The second-order valence-electron chi connectivity index (χ2n) is 4.29. The van der Waals surface area contributed by atoms with Gasteiger partial charge in [-0.3, -0.25) is 0 Å². The third-order valence-electron chi connectivity index (χ3n) is 3.10. The van der Waals surface area contributed by atoms with Gasteiger partial charge in [0.05, 0.1) is 6.54 Å². The summed E-state index contributed by atoms with van der Waals surface area (Å²) in [5, 5.41) is 3.90. The second kappa shape index (κ2) is 4.60. The molecule has 2 amide bonds. The van der Waals surface area contributed by atoms with Gasteiger partial charge < -0.3 is 19.9 Å². The van der Waals surface area contributed by atoms with E-state index in [-0.39, 0.29) is 6.03 Å². The van der Waals surface area contributed by atoms with Crippen molar-refractivity contribution in [1.29, 1.82) is 0 Å². The van der Waals surface area contributed by atoms with Gasteiger partial charge in [-0.2, -0.15) is 0 Å². The van der Waals surface area contributed by atoms with Crippen LogP contribution in [0.15, 0.2) is 30.5 Å². The van der Waals surface area contributed by atoms with Gasteiger partial charge in [-0.15, -0.1) is 0 Å². The van der Waals surface area contributed by atoms with Gasteiger partial charge in [-0.25, -0.2) is 4.79 Å². The molecular weight excluding hydrogens is 230 g/mol. The first-order chi connectivity index (χ1) is 8.83. The van der Waals surface area contributed by atoms with Crippen LogP contribution in [0.4, 0.5) is 4.79 Å². The summed E-state index contributed by atoms with van der Waals surface area (Å²) >= 11 is 0. The number of ether oxygens (including phenoxy) is 1. The molecule has 2 N–H and O–H groups in total. The molecule has 0 aliphatic carbocycles. The minimum Gasteiger partial charge on any atom is -0.492 e. The fraction of sp³-hybridized carbons (Fsp3) is 0.308. The van der Waals surface area contributed by atoms with E-state index in [1.165, 1.54) is 0 Å². The quantitative estimate of drug-likeness (QED) is 0.859. The Hall–Kier alpha value is -2.17. The molecule has 2 heterocycles. The van der Waals surface area contributed by atoms with Gasteiger partial charge in [0.2, 0.25) is 0 Å². The molecule has 0 atom stereocenters. The molecule has 3 rings (SSSR count). The van der Waals surface area contributed by atoms with Gasteiger partial charge in [0.1, 0.15) is 12.4 Å². The number of urea groups is 1. The highest BCUT2D eigenvalue weighted by Gasteiger charge is 2.18. The smallest absolute Gasteiger partial charge is 0.317 e. The van der Waals surface area contributed by atoms with E-state index >= 15 is 0 Å². The van der Waals surface area contributed by atoms with Gasteiger partial charge >= 0.3 is 6.03 Å². The number of H-pyrrole nitrogens is 1. The summed E-state index contributed by atoms with van der Waals surface area (Å²) in [5.74, 6) is 0.835. The van der Waals surface area contributed by atoms with Crippen molar-refractivity contribution in [3.8, 4) is 5.75 Å². The van der Waals surface area contributed by atoms with E-state index in [0.29, 0.717) is 13.2 Å². The Morgan fingerprint density at radius 1 is 1.33 bits per heavy atom. The van der Waals surface area contributed by atoms with Crippen molar-refractivity contribution >= 4 is 16.9 Å². The van der Waals surface area contributed by atoms with Crippen LogP contribution in [0, 0.1) is 0 Å². The van der Waals surface area contributed by atoms with E-state index in [2.05, 4.69) is 10.3 Å². The van der Waals surface area contributed by atoms with Crippen LogP contribution in [0.3, 0.4) is 0 Å².